The van der Waals surface area contributed by atoms with Gasteiger partial charge in [-0.3, -0.25) is 4.79 Å². The molecule has 29 heavy (non-hydrogen) atoms. The second-order valence-electron chi connectivity index (χ2n) is 6.36. The molecule has 2 aromatic carbocycles. The molecule has 0 heterocycles. The summed E-state index contributed by atoms with van der Waals surface area (Å²) in [6.45, 7) is 4.10. The van der Waals surface area contributed by atoms with Crippen molar-refractivity contribution in [3.63, 3.8) is 0 Å². The van der Waals surface area contributed by atoms with E-state index in [9.17, 15) is 23.2 Å². The van der Waals surface area contributed by atoms with Crippen LogP contribution in [-0.4, -0.2) is 5.91 Å². The Morgan fingerprint density at radius 3 is 2.59 bits per heavy atom. The first-order valence-corrected chi connectivity index (χ1v) is 9.19. The third kappa shape index (κ3) is 5.75. The van der Waals surface area contributed by atoms with Crippen molar-refractivity contribution in [2.24, 2.45) is 0 Å². The van der Waals surface area contributed by atoms with Gasteiger partial charge in [-0.1, -0.05) is 43.6 Å². The predicted molar refractivity (Wildman–Crippen MR) is 108 cm³/mol. The Labute approximate surface area is 172 Å². The molecule has 0 saturated heterocycles. The van der Waals surface area contributed by atoms with Gasteiger partial charge in [0.1, 0.15) is 11.6 Å². The number of nitrogens with one attached hydrogen (secondary N) is 2. The lowest BCUT2D eigenvalue weighted by Gasteiger charge is -2.15. The standard InChI is InChI=1S/C21H19ClF3N3O/c1-3-13(2)16-6-4-5-7-19(16)27-12-14(11-26)20(29)28-15-8-9-18(22)17(10-15)21(23,24)25/h4-10,12-13,27H,3H2,1-2H3,(H,28,29)/b14-12-. The molecule has 0 aromatic heterocycles. The molecule has 1 amide bonds. The molecule has 0 saturated carbocycles. The van der Waals surface area contributed by atoms with Crippen LogP contribution in [0.5, 0.6) is 0 Å². The number of rotatable bonds is 6. The molecule has 1 atom stereocenters. The van der Waals surface area contributed by atoms with Crippen molar-refractivity contribution in [1.29, 1.82) is 5.26 Å². The van der Waals surface area contributed by atoms with Gasteiger partial charge in [0.25, 0.3) is 5.91 Å². The highest BCUT2D eigenvalue weighted by atomic mass is 35.5. The van der Waals surface area contributed by atoms with Gasteiger partial charge in [-0.2, -0.15) is 18.4 Å². The van der Waals surface area contributed by atoms with Crippen molar-refractivity contribution in [2.75, 3.05) is 10.6 Å². The minimum atomic E-state index is -4.66. The van der Waals surface area contributed by atoms with Gasteiger partial charge in [0.2, 0.25) is 0 Å². The molecule has 0 aliphatic heterocycles. The van der Waals surface area contributed by atoms with Crippen LogP contribution in [0.25, 0.3) is 0 Å². The van der Waals surface area contributed by atoms with Crippen molar-refractivity contribution < 1.29 is 18.0 Å². The van der Waals surface area contributed by atoms with Crippen LogP contribution in [0.1, 0.15) is 37.3 Å². The molecule has 152 valence electrons. The number of hydrogen-bond acceptors (Lipinski definition) is 3. The van der Waals surface area contributed by atoms with Crippen LogP contribution < -0.4 is 10.6 Å². The SMILES string of the molecule is CCC(C)c1ccccc1N/C=C(/C#N)C(=O)Nc1ccc(Cl)c(C(F)(F)F)c1. The lowest BCUT2D eigenvalue weighted by atomic mass is 9.97. The summed E-state index contributed by atoms with van der Waals surface area (Å²) in [5, 5.41) is 14.0. The molecule has 2 aromatic rings. The zero-order valence-corrected chi connectivity index (χ0v) is 16.5. The van der Waals surface area contributed by atoms with E-state index in [2.05, 4.69) is 17.6 Å². The van der Waals surface area contributed by atoms with E-state index in [-0.39, 0.29) is 17.2 Å². The van der Waals surface area contributed by atoms with E-state index in [1.54, 1.807) is 6.07 Å². The summed E-state index contributed by atoms with van der Waals surface area (Å²) >= 11 is 5.57. The fourth-order valence-corrected chi connectivity index (χ4v) is 2.82. The van der Waals surface area contributed by atoms with E-state index in [0.29, 0.717) is 0 Å². The molecule has 0 aliphatic carbocycles. The van der Waals surface area contributed by atoms with Crippen molar-refractivity contribution in [1.82, 2.24) is 0 Å². The molecule has 0 spiro atoms. The largest absolute Gasteiger partial charge is 0.417 e. The van der Waals surface area contributed by atoms with Crippen LogP contribution in [0.4, 0.5) is 24.5 Å². The van der Waals surface area contributed by atoms with E-state index < -0.39 is 22.7 Å². The highest BCUT2D eigenvalue weighted by Gasteiger charge is 2.33. The fourth-order valence-electron chi connectivity index (χ4n) is 2.60. The number of alkyl halides is 3. The molecule has 0 bridgehead atoms. The number of carbonyl (C=O) groups excluding carboxylic acids is 1. The van der Waals surface area contributed by atoms with Crippen LogP contribution in [0.2, 0.25) is 5.02 Å². The molecule has 8 heteroatoms. The highest BCUT2D eigenvalue weighted by molar-refractivity contribution is 6.31. The van der Waals surface area contributed by atoms with Crippen molar-refractivity contribution >= 4 is 28.9 Å². The molecular formula is C21H19ClF3N3O. The quantitative estimate of drug-likeness (QED) is 0.423. The molecular weight excluding hydrogens is 403 g/mol. The predicted octanol–water partition coefficient (Wildman–Crippen LogP) is 6.33. The van der Waals surface area contributed by atoms with Gasteiger partial charge in [-0.25, -0.2) is 0 Å². The molecule has 2 rings (SSSR count). The van der Waals surface area contributed by atoms with Crippen LogP contribution in [-0.2, 0) is 11.0 Å². The summed E-state index contributed by atoms with van der Waals surface area (Å²) in [7, 11) is 0. The first-order chi connectivity index (χ1) is 13.7. The van der Waals surface area contributed by atoms with Crippen molar-refractivity contribution in [3.8, 4) is 6.07 Å². The Kier molecular flexibility index (Phi) is 7.29. The van der Waals surface area contributed by atoms with Crippen molar-refractivity contribution in [2.45, 2.75) is 32.4 Å². The smallest absolute Gasteiger partial charge is 0.360 e. The number of nitrogens with zero attached hydrogens (tertiary/aromatic N) is 1. The minimum absolute atomic E-state index is 0.118. The normalized spacial score (nSPS) is 12.8. The van der Waals surface area contributed by atoms with E-state index in [0.717, 1.165) is 29.8 Å². The third-order valence-corrected chi connectivity index (χ3v) is 4.70. The maximum Gasteiger partial charge on any atom is 0.417 e. The van der Waals surface area contributed by atoms with Gasteiger partial charge in [-0.05, 0) is 42.2 Å². The van der Waals surface area contributed by atoms with Crippen LogP contribution >= 0.6 is 11.6 Å². The Balaban J connectivity index is 2.21. The van der Waals surface area contributed by atoms with Crippen LogP contribution in [0, 0.1) is 11.3 Å². The number of nitriles is 1. The van der Waals surface area contributed by atoms with E-state index in [4.69, 9.17) is 11.6 Å². The maximum atomic E-state index is 13.0. The van der Waals surface area contributed by atoms with Gasteiger partial charge in [0.05, 0.1) is 10.6 Å². The molecule has 0 radical (unpaired) electrons. The number of hydrogen-bond donors (Lipinski definition) is 2. The van der Waals surface area contributed by atoms with Crippen molar-refractivity contribution in [3.05, 3.63) is 70.4 Å². The summed E-state index contributed by atoms with van der Waals surface area (Å²) in [5.74, 6) is -0.571. The first kappa shape index (κ1) is 22.3. The van der Waals surface area contributed by atoms with E-state index in [1.807, 2.05) is 31.2 Å². The van der Waals surface area contributed by atoms with Gasteiger partial charge >= 0.3 is 6.18 Å². The topological polar surface area (TPSA) is 64.9 Å². The van der Waals surface area contributed by atoms with Crippen LogP contribution in [0.3, 0.4) is 0 Å². The lowest BCUT2D eigenvalue weighted by molar-refractivity contribution is -0.137. The number of benzene rings is 2. The lowest BCUT2D eigenvalue weighted by Crippen LogP contribution is -2.16. The summed E-state index contributed by atoms with van der Waals surface area (Å²) < 4.78 is 38.9. The Morgan fingerprint density at radius 1 is 1.28 bits per heavy atom. The van der Waals surface area contributed by atoms with Gasteiger partial charge in [0.15, 0.2) is 0 Å². The first-order valence-electron chi connectivity index (χ1n) is 8.81. The molecule has 0 aliphatic rings. The highest BCUT2D eigenvalue weighted by Crippen LogP contribution is 2.36. The summed E-state index contributed by atoms with van der Waals surface area (Å²) in [5.41, 5.74) is 0.296. The molecule has 4 nitrogen and oxygen atoms in total. The number of amides is 1. The summed E-state index contributed by atoms with van der Waals surface area (Å²) in [6.07, 6.45) is -2.52. The fraction of sp³-hybridized carbons (Fsp3) is 0.238. The van der Waals surface area contributed by atoms with Gasteiger partial charge < -0.3 is 10.6 Å². The van der Waals surface area contributed by atoms with Gasteiger partial charge in [0, 0.05) is 17.6 Å². The van der Waals surface area contributed by atoms with E-state index in [1.165, 1.54) is 12.3 Å². The number of para-hydroxylation sites is 1. The molecule has 1 unspecified atom stereocenters. The summed E-state index contributed by atoms with van der Waals surface area (Å²) in [6, 6.07) is 12.2. The zero-order valence-electron chi connectivity index (χ0n) is 15.8. The maximum absolute atomic E-state index is 13.0. The molecule has 0 fully saturated rings. The monoisotopic (exact) mass is 421 g/mol. The average Bonchev–Trinajstić information content (AvgIpc) is 2.68. The second kappa shape index (κ2) is 9.48. The Hall–Kier alpha value is -2.98. The van der Waals surface area contributed by atoms with Crippen LogP contribution in [0.15, 0.2) is 54.2 Å². The molecule has 2 N–H and O–H groups in total. The Bertz CT molecular complexity index is 964. The number of halogens is 4. The number of anilines is 2. The van der Waals surface area contributed by atoms with Gasteiger partial charge in [-0.15, -0.1) is 0 Å². The number of carbonyl (C=O) groups is 1. The average molecular weight is 422 g/mol. The second-order valence-corrected chi connectivity index (χ2v) is 6.76. The Morgan fingerprint density at radius 2 is 1.97 bits per heavy atom. The zero-order chi connectivity index (χ0) is 21.6. The van der Waals surface area contributed by atoms with E-state index >= 15 is 0 Å². The third-order valence-electron chi connectivity index (χ3n) is 4.37. The minimum Gasteiger partial charge on any atom is -0.360 e. The summed E-state index contributed by atoms with van der Waals surface area (Å²) in [4.78, 5) is 12.3.